The lowest BCUT2D eigenvalue weighted by Gasteiger charge is -2.34. The molecule has 7 nitrogen and oxygen atoms in total. The van der Waals surface area contributed by atoms with Crippen LogP contribution in [0.3, 0.4) is 0 Å². The van der Waals surface area contributed by atoms with Gasteiger partial charge in [0, 0.05) is 26.7 Å². The zero-order valence-electron chi connectivity index (χ0n) is 10.7. The minimum absolute atomic E-state index is 0.127. The van der Waals surface area contributed by atoms with Crippen molar-refractivity contribution in [3.05, 3.63) is 0 Å². The maximum Gasteiger partial charge on any atom is 0.334 e. The highest BCUT2D eigenvalue weighted by atomic mass is 16.5. The lowest BCUT2D eigenvalue weighted by atomic mass is 10.2. The molecular weight excluding hydrogens is 240 g/mol. The molecule has 7 heteroatoms. The first-order chi connectivity index (χ1) is 8.56. The molecule has 1 saturated heterocycles. The van der Waals surface area contributed by atoms with Crippen molar-refractivity contribution in [3.63, 3.8) is 0 Å². The average Bonchev–Trinajstić information content (AvgIpc) is 2.38. The van der Waals surface area contributed by atoms with Gasteiger partial charge in [0.25, 0.3) is 0 Å². The molecule has 0 saturated carbocycles. The molecule has 104 valence electrons. The Balaban J connectivity index is 2.42. The van der Waals surface area contributed by atoms with Crippen LogP contribution in [0.1, 0.15) is 6.92 Å². The Morgan fingerprint density at radius 2 is 2.33 bits per heavy atom. The number of nitrogens with one attached hydrogen (secondary N) is 1. The van der Waals surface area contributed by atoms with E-state index in [1.165, 1.54) is 0 Å². The van der Waals surface area contributed by atoms with Crippen LogP contribution in [0.15, 0.2) is 0 Å². The highest BCUT2D eigenvalue weighted by Crippen LogP contribution is 2.09. The van der Waals surface area contributed by atoms with Crippen molar-refractivity contribution in [2.45, 2.75) is 19.1 Å². The van der Waals surface area contributed by atoms with Crippen LogP contribution >= 0.6 is 0 Å². The number of morpholine rings is 1. The molecule has 2 unspecified atom stereocenters. The van der Waals surface area contributed by atoms with Crippen molar-refractivity contribution in [1.29, 1.82) is 0 Å². The summed E-state index contributed by atoms with van der Waals surface area (Å²) in [5.74, 6) is -1.12. The van der Waals surface area contributed by atoms with E-state index >= 15 is 0 Å². The molecule has 18 heavy (non-hydrogen) atoms. The van der Waals surface area contributed by atoms with Crippen LogP contribution in [0.25, 0.3) is 0 Å². The number of ether oxygens (including phenoxy) is 2. The lowest BCUT2D eigenvalue weighted by Crippen LogP contribution is -2.54. The smallest absolute Gasteiger partial charge is 0.334 e. The first-order valence-corrected chi connectivity index (χ1v) is 5.91. The van der Waals surface area contributed by atoms with Crippen molar-refractivity contribution in [3.8, 4) is 0 Å². The molecular formula is C11H20N2O5. The van der Waals surface area contributed by atoms with Crippen LogP contribution in [0.5, 0.6) is 0 Å². The van der Waals surface area contributed by atoms with Crippen LogP contribution in [-0.4, -0.2) is 74.0 Å². The first-order valence-electron chi connectivity index (χ1n) is 5.91. The number of carbonyl (C=O) groups is 2. The van der Waals surface area contributed by atoms with E-state index in [-0.39, 0.29) is 18.5 Å². The number of methoxy groups -OCH3 is 1. The van der Waals surface area contributed by atoms with E-state index in [9.17, 15) is 9.59 Å². The summed E-state index contributed by atoms with van der Waals surface area (Å²) in [6.45, 7) is 3.78. The molecule has 0 radical (unpaired) electrons. The third-order valence-corrected chi connectivity index (χ3v) is 2.91. The summed E-state index contributed by atoms with van der Waals surface area (Å²) in [5, 5.41) is 11.6. The van der Waals surface area contributed by atoms with Crippen molar-refractivity contribution >= 4 is 11.9 Å². The summed E-state index contributed by atoms with van der Waals surface area (Å²) in [6.07, 6.45) is -0.854. The van der Waals surface area contributed by atoms with Gasteiger partial charge in [0.05, 0.1) is 19.3 Å². The summed E-state index contributed by atoms with van der Waals surface area (Å²) in [5.41, 5.74) is 0. The quantitative estimate of drug-likeness (QED) is 0.591. The van der Waals surface area contributed by atoms with Gasteiger partial charge in [0.1, 0.15) is 0 Å². The maximum atomic E-state index is 11.8. The van der Waals surface area contributed by atoms with Gasteiger partial charge < -0.3 is 19.9 Å². The fourth-order valence-electron chi connectivity index (χ4n) is 1.76. The van der Waals surface area contributed by atoms with E-state index in [0.717, 1.165) is 0 Å². The second kappa shape index (κ2) is 7.30. The van der Waals surface area contributed by atoms with Crippen LogP contribution in [0, 0.1) is 0 Å². The van der Waals surface area contributed by atoms with Crippen LogP contribution in [0.4, 0.5) is 0 Å². The van der Waals surface area contributed by atoms with Crippen molar-refractivity contribution in [2.75, 3.05) is 40.0 Å². The van der Waals surface area contributed by atoms with E-state index < -0.39 is 12.1 Å². The number of aliphatic carboxylic acids is 1. The Morgan fingerprint density at radius 1 is 1.61 bits per heavy atom. The Morgan fingerprint density at radius 3 is 2.94 bits per heavy atom. The van der Waals surface area contributed by atoms with E-state index in [2.05, 4.69) is 5.32 Å². The molecule has 0 spiro atoms. The van der Waals surface area contributed by atoms with Crippen molar-refractivity contribution in [1.82, 2.24) is 10.2 Å². The molecule has 1 heterocycles. The van der Waals surface area contributed by atoms with Gasteiger partial charge >= 0.3 is 5.97 Å². The average molecular weight is 260 g/mol. The molecule has 0 aromatic rings. The van der Waals surface area contributed by atoms with Crippen molar-refractivity contribution < 1.29 is 24.2 Å². The van der Waals surface area contributed by atoms with Gasteiger partial charge in [-0.2, -0.15) is 0 Å². The lowest BCUT2D eigenvalue weighted by molar-refractivity contribution is -0.158. The number of rotatable bonds is 6. The van der Waals surface area contributed by atoms with Crippen molar-refractivity contribution in [2.24, 2.45) is 0 Å². The summed E-state index contributed by atoms with van der Waals surface area (Å²) >= 11 is 0. The van der Waals surface area contributed by atoms with Gasteiger partial charge in [-0.25, -0.2) is 4.79 Å². The van der Waals surface area contributed by atoms with Gasteiger partial charge in [-0.05, 0) is 6.92 Å². The molecule has 2 N–H and O–H groups in total. The first kappa shape index (κ1) is 14.9. The Hall–Kier alpha value is -1.18. The molecule has 0 aromatic heterocycles. The van der Waals surface area contributed by atoms with Crippen LogP contribution < -0.4 is 5.32 Å². The minimum Gasteiger partial charge on any atom is -0.479 e. The largest absolute Gasteiger partial charge is 0.479 e. The maximum absolute atomic E-state index is 11.8. The van der Waals surface area contributed by atoms with Gasteiger partial charge in [0.15, 0.2) is 6.10 Å². The van der Waals surface area contributed by atoms with E-state index in [4.69, 9.17) is 14.6 Å². The molecule has 0 aliphatic carbocycles. The molecule has 2 atom stereocenters. The van der Waals surface area contributed by atoms with Gasteiger partial charge in [-0.15, -0.1) is 0 Å². The zero-order chi connectivity index (χ0) is 13.5. The van der Waals surface area contributed by atoms with E-state index in [0.29, 0.717) is 26.3 Å². The van der Waals surface area contributed by atoms with Crippen LogP contribution in [0.2, 0.25) is 0 Å². The Labute approximate surface area is 106 Å². The number of carboxylic acid groups (broad SMARTS) is 1. The third-order valence-electron chi connectivity index (χ3n) is 2.91. The fraction of sp³-hybridized carbons (Fsp3) is 0.818. The molecule has 1 aliphatic heterocycles. The topological polar surface area (TPSA) is 88.1 Å². The highest BCUT2D eigenvalue weighted by molar-refractivity contribution is 5.81. The predicted octanol–water partition coefficient (Wildman–Crippen LogP) is -1.08. The summed E-state index contributed by atoms with van der Waals surface area (Å²) < 4.78 is 9.95. The second-order valence-electron chi connectivity index (χ2n) is 4.15. The molecule has 1 amide bonds. The molecule has 1 aliphatic rings. The van der Waals surface area contributed by atoms with Gasteiger partial charge in [-0.3, -0.25) is 9.69 Å². The fourth-order valence-corrected chi connectivity index (χ4v) is 1.76. The number of nitrogens with zero attached hydrogens (tertiary/aromatic N) is 1. The van der Waals surface area contributed by atoms with Gasteiger partial charge in [-0.1, -0.05) is 0 Å². The summed E-state index contributed by atoms with van der Waals surface area (Å²) in [7, 11) is 1.56. The highest BCUT2D eigenvalue weighted by Gasteiger charge is 2.31. The van der Waals surface area contributed by atoms with Crippen LogP contribution in [-0.2, 0) is 19.1 Å². The van der Waals surface area contributed by atoms with E-state index in [1.54, 1.807) is 14.0 Å². The summed E-state index contributed by atoms with van der Waals surface area (Å²) in [6, 6.07) is -0.368. The number of carboxylic acids is 1. The number of amides is 1. The normalized spacial score (nSPS) is 22.4. The molecule has 0 aromatic carbocycles. The SMILES string of the molecule is COCCNC(=O)C(C)N1CCOC(C(=O)O)C1. The molecule has 1 rings (SSSR count). The number of hydrogen-bond acceptors (Lipinski definition) is 5. The molecule has 1 fully saturated rings. The Kier molecular flexibility index (Phi) is 6.03. The number of carbonyl (C=O) groups excluding carboxylic acids is 1. The third kappa shape index (κ3) is 4.25. The number of hydrogen-bond donors (Lipinski definition) is 2. The molecule has 0 bridgehead atoms. The predicted molar refractivity (Wildman–Crippen MR) is 63.3 cm³/mol. The summed E-state index contributed by atoms with van der Waals surface area (Å²) in [4.78, 5) is 24.4. The van der Waals surface area contributed by atoms with E-state index in [1.807, 2.05) is 4.90 Å². The standard InChI is InChI=1S/C11H20N2O5/c1-8(10(14)12-3-5-17-2)13-4-6-18-9(7-13)11(15)16/h8-9H,3-7H2,1-2H3,(H,12,14)(H,15,16). The Bertz CT molecular complexity index is 297. The second-order valence-corrected chi connectivity index (χ2v) is 4.15. The zero-order valence-corrected chi connectivity index (χ0v) is 10.7. The monoisotopic (exact) mass is 260 g/mol. The van der Waals surface area contributed by atoms with Gasteiger partial charge in [0.2, 0.25) is 5.91 Å². The minimum atomic E-state index is -0.994.